The first-order valence-electron chi connectivity index (χ1n) is 7.34. The largest absolute Gasteiger partial charge is 0.497 e. The Morgan fingerprint density at radius 3 is 2.52 bits per heavy atom. The van der Waals surface area contributed by atoms with Crippen LogP contribution in [0.15, 0.2) is 24.3 Å². The van der Waals surface area contributed by atoms with Gasteiger partial charge in [0, 0.05) is 19.4 Å². The average Bonchev–Trinajstić information content (AvgIpc) is 2.43. The van der Waals surface area contributed by atoms with Gasteiger partial charge in [0.2, 0.25) is 0 Å². The second-order valence-electron chi connectivity index (χ2n) is 5.73. The summed E-state index contributed by atoms with van der Waals surface area (Å²) in [6, 6.07) is 7.79. The summed E-state index contributed by atoms with van der Waals surface area (Å²) in [5.74, 6) is 0.674. The van der Waals surface area contributed by atoms with Crippen molar-refractivity contribution in [1.29, 1.82) is 0 Å². The van der Waals surface area contributed by atoms with Crippen LogP contribution in [0.3, 0.4) is 0 Å². The average molecular weight is 293 g/mol. The molecule has 0 aliphatic heterocycles. The molecule has 4 nitrogen and oxygen atoms in total. The molecule has 0 fully saturated rings. The number of hydrogen-bond donors (Lipinski definition) is 0. The summed E-state index contributed by atoms with van der Waals surface area (Å²) in [5.41, 5.74) is 0.346. The maximum atomic E-state index is 11.7. The highest BCUT2D eigenvalue weighted by Crippen LogP contribution is 2.39. The van der Waals surface area contributed by atoms with Gasteiger partial charge in [-0.25, -0.2) is 0 Å². The predicted octanol–water partition coefficient (Wildman–Crippen LogP) is 3.06. The molecule has 118 valence electrons. The van der Waals surface area contributed by atoms with Crippen molar-refractivity contribution in [3.05, 3.63) is 29.8 Å². The quantitative estimate of drug-likeness (QED) is 0.724. The maximum absolute atomic E-state index is 11.7. The van der Waals surface area contributed by atoms with Gasteiger partial charge in [-0.05, 0) is 38.2 Å². The van der Waals surface area contributed by atoms with Crippen molar-refractivity contribution in [3.63, 3.8) is 0 Å². The Balaban J connectivity index is 3.30. The second kappa shape index (κ2) is 7.46. The third-order valence-electron chi connectivity index (χ3n) is 3.84. The Morgan fingerprint density at radius 1 is 1.38 bits per heavy atom. The van der Waals surface area contributed by atoms with E-state index in [1.807, 2.05) is 38.4 Å². The molecule has 2 atom stereocenters. The number of benzene rings is 1. The van der Waals surface area contributed by atoms with Crippen LogP contribution in [0.25, 0.3) is 0 Å². The van der Waals surface area contributed by atoms with Crippen molar-refractivity contribution in [2.45, 2.75) is 32.8 Å². The predicted molar refractivity (Wildman–Crippen MR) is 84.4 cm³/mol. The molecule has 0 aliphatic carbocycles. The third kappa shape index (κ3) is 4.21. The number of carbonyl (C=O) groups excluding carboxylic acids is 1. The van der Waals surface area contributed by atoms with Crippen LogP contribution in [0.4, 0.5) is 0 Å². The molecule has 0 amide bonds. The van der Waals surface area contributed by atoms with Gasteiger partial charge in [-0.1, -0.05) is 26.0 Å². The normalized spacial score (nSPS) is 15.4. The minimum Gasteiger partial charge on any atom is -0.497 e. The lowest BCUT2D eigenvalue weighted by atomic mass is 9.79. The lowest BCUT2D eigenvalue weighted by molar-refractivity contribution is -0.166. The molecule has 0 spiro atoms. The van der Waals surface area contributed by atoms with Crippen molar-refractivity contribution in [2.24, 2.45) is 5.92 Å². The minimum atomic E-state index is -0.634. The van der Waals surface area contributed by atoms with Gasteiger partial charge in [0.15, 0.2) is 0 Å². The van der Waals surface area contributed by atoms with Crippen LogP contribution in [0.2, 0.25) is 0 Å². The number of nitrogens with zero attached hydrogens (tertiary/aromatic N) is 1. The first kappa shape index (κ1) is 17.5. The van der Waals surface area contributed by atoms with Crippen molar-refractivity contribution >= 4 is 5.97 Å². The molecule has 0 aromatic heterocycles. The molecule has 1 rings (SSSR count). The molecule has 0 radical (unpaired) electrons. The van der Waals surface area contributed by atoms with Crippen LogP contribution in [0.5, 0.6) is 5.75 Å². The first-order chi connectivity index (χ1) is 9.85. The molecule has 4 heteroatoms. The van der Waals surface area contributed by atoms with E-state index in [1.54, 1.807) is 7.11 Å². The highest BCUT2D eigenvalue weighted by Gasteiger charge is 2.40. The number of methoxy groups -OCH3 is 1. The molecule has 0 saturated carbocycles. The van der Waals surface area contributed by atoms with E-state index in [4.69, 9.17) is 9.47 Å². The number of carbonyl (C=O) groups is 1. The topological polar surface area (TPSA) is 38.8 Å². The van der Waals surface area contributed by atoms with Crippen molar-refractivity contribution in [3.8, 4) is 5.75 Å². The summed E-state index contributed by atoms with van der Waals surface area (Å²) in [6.45, 7) is 6.46. The Hall–Kier alpha value is -1.55. The van der Waals surface area contributed by atoms with E-state index in [2.05, 4.69) is 18.7 Å². The van der Waals surface area contributed by atoms with Gasteiger partial charge in [-0.2, -0.15) is 0 Å². The molecule has 21 heavy (non-hydrogen) atoms. The van der Waals surface area contributed by atoms with Crippen LogP contribution in [0.1, 0.15) is 32.8 Å². The van der Waals surface area contributed by atoms with Crippen LogP contribution >= 0.6 is 0 Å². The molecule has 0 heterocycles. The van der Waals surface area contributed by atoms with E-state index in [0.29, 0.717) is 0 Å². The van der Waals surface area contributed by atoms with Crippen LogP contribution < -0.4 is 4.74 Å². The molecular formula is C17H27NO3. The van der Waals surface area contributed by atoms with Crippen molar-refractivity contribution in [2.75, 3.05) is 27.7 Å². The van der Waals surface area contributed by atoms with Gasteiger partial charge < -0.3 is 14.4 Å². The molecule has 0 bridgehead atoms. The number of rotatable bonds is 7. The Labute approximate surface area is 128 Å². The Morgan fingerprint density at radius 2 is 2.05 bits per heavy atom. The lowest BCUT2D eigenvalue weighted by Crippen LogP contribution is -2.42. The molecule has 0 saturated heterocycles. The number of ether oxygens (including phenoxy) is 2. The summed E-state index contributed by atoms with van der Waals surface area (Å²) in [4.78, 5) is 13.8. The highest BCUT2D eigenvalue weighted by atomic mass is 16.6. The van der Waals surface area contributed by atoms with Gasteiger partial charge in [0.05, 0.1) is 7.11 Å². The number of esters is 1. The van der Waals surface area contributed by atoms with Gasteiger partial charge in [0.25, 0.3) is 0 Å². The smallest absolute Gasteiger partial charge is 0.303 e. The number of hydrogen-bond acceptors (Lipinski definition) is 4. The Bertz CT molecular complexity index is 473. The Kier molecular flexibility index (Phi) is 6.21. The van der Waals surface area contributed by atoms with Crippen molar-refractivity contribution < 1.29 is 14.3 Å². The van der Waals surface area contributed by atoms with Gasteiger partial charge >= 0.3 is 5.97 Å². The lowest BCUT2D eigenvalue weighted by Gasteiger charge is -2.39. The summed E-state index contributed by atoms with van der Waals surface area (Å²) < 4.78 is 11.1. The highest BCUT2D eigenvalue weighted by molar-refractivity contribution is 5.67. The van der Waals surface area contributed by atoms with E-state index in [-0.39, 0.29) is 11.9 Å². The zero-order valence-electron chi connectivity index (χ0n) is 14.0. The molecule has 0 aliphatic rings. The van der Waals surface area contributed by atoms with Gasteiger partial charge in [-0.15, -0.1) is 0 Å². The first-order valence-corrected chi connectivity index (χ1v) is 7.34. The van der Waals surface area contributed by atoms with E-state index in [0.717, 1.165) is 24.3 Å². The summed E-state index contributed by atoms with van der Waals surface area (Å²) in [7, 11) is 5.69. The van der Waals surface area contributed by atoms with E-state index < -0.39 is 5.60 Å². The fourth-order valence-corrected chi connectivity index (χ4v) is 2.91. The maximum Gasteiger partial charge on any atom is 0.303 e. The SMILES string of the molecule is CC[C@](OC(C)=O)(c1cccc(OC)c1)[C@H](C)CN(C)C. The van der Waals surface area contributed by atoms with Crippen molar-refractivity contribution in [1.82, 2.24) is 4.90 Å². The standard InChI is InChI=1S/C17H27NO3/c1-7-17(21-14(3)19,13(2)12-18(4)5)15-9-8-10-16(11-15)20-6/h8-11,13H,7,12H2,1-6H3/t13-,17-/m1/s1. The molecule has 1 aromatic carbocycles. The van der Waals surface area contributed by atoms with Gasteiger partial charge in [-0.3, -0.25) is 4.79 Å². The third-order valence-corrected chi connectivity index (χ3v) is 3.84. The summed E-state index contributed by atoms with van der Waals surface area (Å²) in [5, 5.41) is 0. The fourth-order valence-electron chi connectivity index (χ4n) is 2.91. The zero-order chi connectivity index (χ0) is 16.0. The van der Waals surface area contributed by atoms with E-state index in [1.165, 1.54) is 6.92 Å². The molecular weight excluding hydrogens is 266 g/mol. The van der Waals surface area contributed by atoms with Crippen LogP contribution in [0, 0.1) is 5.92 Å². The minimum absolute atomic E-state index is 0.161. The fraction of sp³-hybridized carbons (Fsp3) is 0.588. The van der Waals surface area contributed by atoms with E-state index in [9.17, 15) is 4.79 Å². The van der Waals surface area contributed by atoms with E-state index >= 15 is 0 Å². The monoisotopic (exact) mass is 293 g/mol. The summed E-state index contributed by atoms with van der Waals surface area (Å²) >= 11 is 0. The summed E-state index contributed by atoms with van der Waals surface area (Å²) in [6.07, 6.45) is 0.717. The second-order valence-corrected chi connectivity index (χ2v) is 5.73. The van der Waals surface area contributed by atoms with Crippen LogP contribution in [-0.4, -0.2) is 38.6 Å². The molecule has 0 unspecified atom stereocenters. The molecule has 0 N–H and O–H groups in total. The van der Waals surface area contributed by atoms with Gasteiger partial charge in [0.1, 0.15) is 11.4 Å². The molecule has 1 aromatic rings. The van der Waals surface area contributed by atoms with Crippen LogP contribution in [-0.2, 0) is 15.1 Å². The zero-order valence-corrected chi connectivity index (χ0v) is 14.0.